The lowest BCUT2D eigenvalue weighted by molar-refractivity contribution is 0.670. The summed E-state index contributed by atoms with van der Waals surface area (Å²) in [6.45, 7) is 0. The average Bonchev–Trinajstić information content (AvgIpc) is 3.36. The lowest BCUT2D eigenvalue weighted by atomic mass is 10.0. The van der Waals surface area contributed by atoms with E-state index in [0.717, 1.165) is 61.0 Å². The van der Waals surface area contributed by atoms with E-state index in [-0.39, 0.29) is 0 Å². The third kappa shape index (κ3) is 4.03. The number of benzene rings is 5. The first kappa shape index (κ1) is 22.5. The fraction of sp³-hybridized carbons (Fsp3) is 0. The highest BCUT2D eigenvalue weighted by molar-refractivity contribution is 6.29. The smallest absolute Gasteiger partial charge is 0.161 e. The summed E-state index contributed by atoms with van der Waals surface area (Å²) in [6, 6.07) is 43.1. The minimum atomic E-state index is 0.409. The van der Waals surface area contributed by atoms with Gasteiger partial charge in [0.25, 0.3) is 0 Å². The van der Waals surface area contributed by atoms with E-state index in [0.29, 0.717) is 11.0 Å². The molecule has 0 spiro atoms. The summed E-state index contributed by atoms with van der Waals surface area (Å²) in [4.78, 5) is 9.40. The first-order valence-corrected chi connectivity index (χ1v) is 12.8. The maximum Gasteiger partial charge on any atom is 0.161 e. The van der Waals surface area contributed by atoms with E-state index in [1.165, 1.54) is 0 Å². The first-order valence-electron chi connectivity index (χ1n) is 12.4. The summed E-state index contributed by atoms with van der Waals surface area (Å²) in [5.74, 6) is 0.589. The number of hydrogen-bond acceptors (Lipinski definition) is 3. The predicted octanol–water partition coefficient (Wildman–Crippen LogP) is 9.70. The zero-order valence-corrected chi connectivity index (χ0v) is 21.1. The van der Waals surface area contributed by atoms with Crippen molar-refractivity contribution < 1.29 is 4.42 Å². The Kier molecular flexibility index (Phi) is 5.49. The number of aromatic nitrogens is 2. The lowest BCUT2D eigenvalue weighted by Crippen LogP contribution is -1.93. The van der Waals surface area contributed by atoms with Crippen molar-refractivity contribution in [1.29, 1.82) is 0 Å². The van der Waals surface area contributed by atoms with Gasteiger partial charge in [-0.2, -0.15) is 0 Å². The van der Waals surface area contributed by atoms with Crippen LogP contribution in [0.1, 0.15) is 0 Å². The standard InChI is InChI=1S/C34H21ClN2O/c35-32-21-30(26-11-6-10-25(20-26)22-8-2-1-3-9-22)36-34(37-32)24-18-16-23(17-19-24)27-13-7-14-29-28-12-4-5-15-31(28)38-33(27)29/h1-21H. The Morgan fingerprint density at radius 2 is 1.18 bits per heavy atom. The fourth-order valence-corrected chi connectivity index (χ4v) is 5.14. The van der Waals surface area contributed by atoms with E-state index in [1.54, 1.807) is 0 Å². The SMILES string of the molecule is Clc1cc(-c2cccc(-c3ccccc3)c2)nc(-c2ccc(-c3cccc4c3oc3ccccc34)cc2)n1. The normalized spacial score (nSPS) is 11.3. The molecule has 2 aromatic heterocycles. The van der Waals surface area contributed by atoms with Crippen molar-refractivity contribution in [3.05, 3.63) is 133 Å². The number of fused-ring (bicyclic) bond motifs is 3. The number of rotatable bonds is 4. The first-order chi connectivity index (χ1) is 18.7. The van der Waals surface area contributed by atoms with Crippen molar-refractivity contribution in [3.63, 3.8) is 0 Å². The summed E-state index contributed by atoms with van der Waals surface area (Å²) < 4.78 is 6.23. The second-order valence-corrected chi connectivity index (χ2v) is 9.59. The highest BCUT2D eigenvalue weighted by Gasteiger charge is 2.13. The van der Waals surface area contributed by atoms with Crippen LogP contribution in [0.15, 0.2) is 132 Å². The van der Waals surface area contributed by atoms with Crippen LogP contribution in [0, 0.1) is 0 Å². The second kappa shape index (κ2) is 9.29. The topological polar surface area (TPSA) is 38.9 Å². The average molecular weight is 509 g/mol. The van der Waals surface area contributed by atoms with Crippen LogP contribution in [-0.4, -0.2) is 9.97 Å². The molecular weight excluding hydrogens is 488 g/mol. The van der Waals surface area contributed by atoms with Crippen molar-refractivity contribution in [2.45, 2.75) is 0 Å². The number of hydrogen-bond donors (Lipinski definition) is 0. The van der Waals surface area contributed by atoms with E-state index >= 15 is 0 Å². The van der Waals surface area contributed by atoms with E-state index in [4.69, 9.17) is 21.0 Å². The number of nitrogens with zero attached hydrogens (tertiary/aromatic N) is 2. The summed E-state index contributed by atoms with van der Waals surface area (Å²) in [5, 5.41) is 2.64. The fourth-order valence-electron chi connectivity index (χ4n) is 4.96. The summed E-state index contributed by atoms with van der Waals surface area (Å²) >= 11 is 6.47. The minimum Gasteiger partial charge on any atom is -0.455 e. The molecule has 0 bridgehead atoms. The number of halogens is 1. The Hall–Kier alpha value is -4.73. The maximum atomic E-state index is 6.47. The molecule has 0 N–H and O–H groups in total. The summed E-state index contributed by atoms with van der Waals surface area (Å²) in [7, 11) is 0. The van der Waals surface area contributed by atoms with Gasteiger partial charge in [-0.15, -0.1) is 0 Å². The molecule has 0 atom stereocenters. The van der Waals surface area contributed by atoms with Crippen LogP contribution >= 0.6 is 11.6 Å². The molecule has 38 heavy (non-hydrogen) atoms. The van der Waals surface area contributed by atoms with Crippen molar-refractivity contribution in [1.82, 2.24) is 9.97 Å². The molecule has 4 heteroatoms. The van der Waals surface area contributed by atoms with Gasteiger partial charge in [-0.25, -0.2) is 9.97 Å². The van der Waals surface area contributed by atoms with Crippen LogP contribution in [0.2, 0.25) is 5.15 Å². The minimum absolute atomic E-state index is 0.409. The van der Waals surface area contributed by atoms with Gasteiger partial charge in [-0.05, 0) is 28.8 Å². The Labute approximate surface area is 225 Å². The molecule has 0 aliphatic heterocycles. The molecule has 0 aliphatic carbocycles. The zero-order valence-electron chi connectivity index (χ0n) is 20.3. The molecule has 0 unspecified atom stereocenters. The van der Waals surface area contributed by atoms with Gasteiger partial charge in [0, 0.05) is 33.5 Å². The van der Waals surface area contributed by atoms with Crippen molar-refractivity contribution in [2.24, 2.45) is 0 Å². The second-order valence-electron chi connectivity index (χ2n) is 9.20. The zero-order chi connectivity index (χ0) is 25.5. The van der Waals surface area contributed by atoms with Gasteiger partial charge in [-0.1, -0.05) is 121 Å². The van der Waals surface area contributed by atoms with E-state index in [9.17, 15) is 0 Å². The Morgan fingerprint density at radius 3 is 2.05 bits per heavy atom. The molecular formula is C34H21ClN2O. The van der Waals surface area contributed by atoms with E-state index < -0.39 is 0 Å². The van der Waals surface area contributed by atoms with Crippen LogP contribution in [-0.2, 0) is 0 Å². The van der Waals surface area contributed by atoms with Crippen LogP contribution in [0.25, 0.3) is 66.8 Å². The number of furan rings is 1. The molecule has 3 nitrogen and oxygen atoms in total. The monoisotopic (exact) mass is 508 g/mol. The molecule has 180 valence electrons. The quantitative estimate of drug-likeness (QED) is 0.222. The molecule has 0 radical (unpaired) electrons. The molecule has 0 saturated heterocycles. The van der Waals surface area contributed by atoms with Crippen molar-refractivity contribution in [3.8, 4) is 44.9 Å². The van der Waals surface area contributed by atoms with Crippen LogP contribution < -0.4 is 0 Å². The highest BCUT2D eigenvalue weighted by atomic mass is 35.5. The van der Waals surface area contributed by atoms with Gasteiger partial charge < -0.3 is 4.42 Å². The highest BCUT2D eigenvalue weighted by Crippen LogP contribution is 2.36. The van der Waals surface area contributed by atoms with Gasteiger partial charge in [-0.3, -0.25) is 0 Å². The van der Waals surface area contributed by atoms with Crippen molar-refractivity contribution in [2.75, 3.05) is 0 Å². The summed E-state index contributed by atoms with van der Waals surface area (Å²) in [6.07, 6.45) is 0. The molecule has 0 fully saturated rings. The predicted molar refractivity (Wildman–Crippen MR) is 156 cm³/mol. The number of para-hydroxylation sites is 2. The van der Waals surface area contributed by atoms with Gasteiger partial charge in [0.2, 0.25) is 0 Å². The molecule has 5 aromatic carbocycles. The van der Waals surface area contributed by atoms with Gasteiger partial charge >= 0.3 is 0 Å². The maximum absolute atomic E-state index is 6.47. The van der Waals surface area contributed by atoms with Gasteiger partial charge in [0.1, 0.15) is 16.3 Å². The molecule has 0 amide bonds. The molecule has 7 aromatic rings. The van der Waals surface area contributed by atoms with Crippen LogP contribution in [0.3, 0.4) is 0 Å². The largest absolute Gasteiger partial charge is 0.455 e. The Morgan fingerprint density at radius 1 is 0.500 bits per heavy atom. The Bertz CT molecular complexity index is 1920. The molecule has 0 saturated carbocycles. The van der Waals surface area contributed by atoms with Gasteiger partial charge in [0.05, 0.1) is 5.69 Å². The Balaban J connectivity index is 1.25. The third-order valence-electron chi connectivity index (χ3n) is 6.82. The van der Waals surface area contributed by atoms with E-state index in [1.807, 2.05) is 66.7 Å². The van der Waals surface area contributed by atoms with Gasteiger partial charge in [0.15, 0.2) is 5.82 Å². The summed E-state index contributed by atoms with van der Waals surface area (Å²) in [5.41, 5.74) is 8.86. The molecule has 2 heterocycles. The third-order valence-corrected chi connectivity index (χ3v) is 7.01. The molecule has 0 aliphatic rings. The molecule has 7 rings (SSSR count). The van der Waals surface area contributed by atoms with Crippen molar-refractivity contribution >= 4 is 33.5 Å². The van der Waals surface area contributed by atoms with Crippen LogP contribution in [0.5, 0.6) is 0 Å². The van der Waals surface area contributed by atoms with E-state index in [2.05, 4.69) is 65.6 Å². The van der Waals surface area contributed by atoms with Crippen LogP contribution in [0.4, 0.5) is 0 Å². The lowest BCUT2D eigenvalue weighted by Gasteiger charge is -2.09.